The van der Waals surface area contributed by atoms with Crippen molar-refractivity contribution in [3.05, 3.63) is 59.7 Å². The Morgan fingerprint density at radius 2 is 1.73 bits per heavy atom. The Balaban J connectivity index is 1.52. The Morgan fingerprint density at radius 3 is 2.37 bits per heavy atom. The van der Waals surface area contributed by atoms with E-state index < -0.39 is 30.4 Å². The van der Waals surface area contributed by atoms with Crippen LogP contribution < -0.4 is 10.2 Å². The first-order valence-electron chi connectivity index (χ1n) is 9.39. The number of methoxy groups -OCH3 is 1. The van der Waals surface area contributed by atoms with Crippen molar-refractivity contribution >= 4 is 35.1 Å². The summed E-state index contributed by atoms with van der Waals surface area (Å²) >= 11 is 0. The second kappa shape index (κ2) is 9.21. The normalized spacial score (nSPS) is 15.6. The average Bonchev–Trinajstić information content (AvgIpc) is 3.15. The predicted octanol–water partition coefficient (Wildman–Crippen LogP) is 2.32. The SMILES string of the molecule is COC(=O)c1ccc(N2C[C@H](C(=O)OCC(=O)Nc3ccc(C)cc3)CC2=O)cc1. The molecule has 0 aliphatic carbocycles. The molecule has 1 atom stereocenters. The van der Waals surface area contributed by atoms with Crippen molar-refractivity contribution in [3.8, 4) is 0 Å². The van der Waals surface area contributed by atoms with Gasteiger partial charge in [-0.05, 0) is 43.3 Å². The standard InChI is InChI=1S/C22H22N2O6/c1-14-3-7-17(8-4-14)23-19(25)13-30-22(28)16-11-20(26)24(12-16)18-9-5-15(6-10-18)21(27)29-2/h3-10,16H,11-13H2,1-2H3,(H,23,25)/t16-/m1/s1. The quantitative estimate of drug-likeness (QED) is 0.734. The number of rotatable bonds is 6. The van der Waals surface area contributed by atoms with Crippen molar-refractivity contribution < 1.29 is 28.7 Å². The topological polar surface area (TPSA) is 102 Å². The summed E-state index contributed by atoms with van der Waals surface area (Å²) in [5.74, 6) is -2.42. The van der Waals surface area contributed by atoms with Crippen LogP contribution in [0.5, 0.6) is 0 Å². The number of anilines is 2. The summed E-state index contributed by atoms with van der Waals surface area (Å²) in [5, 5.41) is 2.65. The maximum atomic E-state index is 12.3. The monoisotopic (exact) mass is 410 g/mol. The lowest BCUT2D eigenvalue weighted by Crippen LogP contribution is -2.28. The lowest BCUT2D eigenvalue weighted by Gasteiger charge is -2.16. The molecular weight excluding hydrogens is 388 g/mol. The Morgan fingerprint density at radius 1 is 1.07 bits per heavy atom. The number of hydrogen-bond donors (Lipinski definition) is 1. The molecule has 2 aromatic rings. The zero-order valence-corrected chi connectivity index (χ0v) is 16.7. The van der Waals surface area contributed by atoms with E-state index in [1.54, 1.807) is 36.4 Å². The van der Waals surface area contributed by atoms with E-state index in [9.17, 15) is 19.2 Å². The van der Waals surface area contributed by atoms with Crippen LogP contribution in [0.1, 0.15) is 22.3 Å². The molecule has 8 nitrogen and oxygen atoms in total. The molecule has 0 spiro atoms. The molecule has 2 amide bonds. The number of benzene rings is 2. The van der Waals surface area contributed by atoms with Gasteiger partial charge in [0.15, 0.2) is 6.61 Å². The van der Waals surface area contributed by atoms with Gasteiger partial charge in [0.05, 0.1) is 18.6 Å². The van der Waals surface area contributed by atoms with Gasteiger partial charge in [-0.15, -0.1) is 0 Å². The summed E-state index contributed by atoms with van der Waals surface area (Å²) in [6.45, 7) is 1.66. The molecule has 0 bridgehead atoms. The van der Waals surface area contributed by atoms with Gasteiger partial charge in [0.2, 0.25) is 5.91 Å². The van der Waals surface area contributed by atoms with Crippen LogP contribution >= 0.6 is 0 Å². The molecule has 3 rings (SSSR count). The highest BCUT2D eigenvalue weighted by atomic mass is 16.5. The van der Waals surface area contributed by atoms with Gasteiger partial charge in [-0.25, -0.2) is 4.79 Å². The zero-order chi connectivity index (χ0) is 21.7. The molecule has 30 heavy (non-hydrogen) atoms. The van der Waals surface area contributed by atoms with Gasteiger partial charge in [0.1, 0.15) is 0 Å². The highest BCUT2D eigenvalue weighted by Crippen LogP contribution is 2.26. The van der Waals surface area contributed by atoms with Crippen LogP contribution in [0.3, 0.4) is 0 Å². The number of amides is 2. The van der Waals surface area contributed by atoms with Crippen LogP contribution in [0.4, 0.5) is 11.4 Å². The van der Waals surface area contributed by atoms with Crippen molar-refractivity contribution in [2.45, 2.75) is 13.3 Å². The van der Waals surface area contributed by atoms with Crippen LogP contribution in [0, 0.1) is 12.8 Å². The van der Waals surface area contributed by atoms with Gasteiger partial charge in [0, 0.05) is 24.3 Å². The molecule has 1 heterocycles. The fraction of sp³-hybridized carbons (Fsp3) is 0.273. The molecule has 0 unspecified atom stereocenters. The summed E-state index contributed by atoms with van der Waals surface area (Å²) in [6.07, 6.45) is -0.00281. The number of carbonyl (C=O) groups is 4. The van der Waals surface area contributed by atoms with Crippen LogP contribution in [0.2, 0.25) is 0 Å². The Labute approximate surface area is 173 Å². The molecule has 8 heteroatoms. The molecule has 1 saturated heterocycles. The fourth-order valence-electron chi connectivity index (χ4n) is 3.10. The van der Waals surface area contributed by atoms with E-state index in [4.69, 9.17) is 4.74 Å². The largest absolute Gasteiger partial charge is 0.465 e. The van der Waals surface area contributed by atoms with Gasteiger partial charge in [-0.3, -0.25) is 14.4 Å². The summed E-state index contributed by atoms with van der Waals surface area (Å²) in [6, 6.07) is 13.6. The van der Waals surface area contributed by atoms with Crippen molar-refractivity contribution in [2.75, 3.05) is 30.5 Å². The minimum absolute atomic E-state index is 0.00281. The minimum Gasteiger partial charge on any atom is -0.465 e. The van der Waals surface area contributed by atoms with Crippen molar-refractivity contribution in [1.82, 2.24) is 0 Å². The summed E-state index contributed by atoms with van der Waals surface area (Å²) in [7, 11) is 1.29. The van der Waals surface area contributed by atoms with E-state index in [0.29, 0.717) is 16.9 Å². The summed E-state index contributed by atoms with van der Waals surface area (Å²) < 4.78 is 9.74. The van der Waals surface area contributed by atoms with Gasteiger partial charge in [-0.2, -0.15) is 0 Å². The highest BCUT2D eigenvalue weighted by Gasteiger charge is 2.36. The molecule has 1 aliphatic heterocycles. The minimum atomic E-state index is -0.662. The zero-order valence-electron chi connectivity index (χ0n) is 16.7. The molecule has 1 aliphatic rings. The summed E-state index contributed by atoms with van der Waals surface area (Å²) in [5.41, 5.74) is 2.61. The third-order valence-electron chi connectivity index (χ3n) is 4.74. The van der Waals surface area contributed by atoms with Crippen LogP contribution in [-0.2, 0) is 23.9 Å². The average molecular weight is 410 g/mol. The van der Waals surface area contributed by atoms with Gasteiger partial charge in [-0.1, -0.05) is 17.7 Å². The van der Waals surface area contributed by atoms with Gasteiger partial charge < -0.3 is 19.7 Å². The number of carbonyl (C=O) groups excluding carboxylic acids is 4. The molecular formula is C22H22N2O6. The number of aryl methyl sites for hydroxylation is 1. The molecule has 1 fully saturated rings. The molecule has 2 aromatic carbocycles. The highest BCUT2D eigenvalue weighted by molar-refractivity contribution is 6.00. The smallest absolute Gasteiger partial charge is 0.337 e. The molecule has 0 saturated carbocycles. The fourth-order valence-corrected chi connectivity index (χ4v) is 3.10. The number of ether oxygens (including phenoxy) is 2. The van der Waals surface area contributed by atoms with Crippen molar-refractivity contribution in [3.63, 3.8) is 0 Å². The predicted molar refractivity (Wildman–Crippen MR) is 109 cm³/mol. The van der Waals surface area contributed by atoms with Crippen molar-refractivity contribution in [2.24, 2.45) is 5.92 Å². The first kappa shape index (κ1) is 21.0. The molecule has 156 valence electrons. The summed E-state index contributed by atoms with van der Waals surface area (Å²) in [4.78, 5) is 49.6. The van der Waals surface area contributed by atoms with Crippen molar-refractivity contribution in [1.29, 1.82) is 0 Å². The lowest BCUT2D eigenvalue weighted by molar-refractivity contribution is -0.151. The van der Waals surface area contributed by atoms with Gasteiger partial charge >= 0.3 is 11.9 Å². The molecule has 0 aromatic heterocycles. The molecule has 1 N–H and O–H groups in total. The van der Waals surface area contributed by atoms with Gasteiger partial charge in [0.25, 0.3) is 5.91 Å². The maximum Gasteiger partial charge on any atom is 0.337 e. The Bertz CT molecular complexity index is 953. The maximum absolute atomic E-state index is 12.3. The first-order chi connectivity index (χ1) is 14.4. The number of hydrogen-bond acceptors (Lipinski definition) is 6. The van der Waals surface area contributed by atoms with E-state index in [1.807, 2.05) is 19.1 Å². The van der Waals surface area contributed by atoms with Crippen LogP contribution in [0.15, 0.2) is 48.5 Å². The Hall–Kier alpha value is -3.68. The van der Waals surface area contributed by atoms with E-state index in [0.717, 1.165) is 5.56 Å². The number of esters is 2. The first-order valence-corrected chi connectivity index (χ1v) is 9.39. The number of nitrogens with zero attached hydrogens (tertiary/aromatic N) is 1. The third kappa shape index (κ3) is 5.02. The lowest BCUT2D eigenvalue weighted by atomic mass is 10.1. The van der Waals surface area contributed by atoms with E-state index in [2.05, 4.69) is 10.1 Å². The number of nitrogens with one attached hydrogen (secondary N) is 1. The second-order valence-electron chi connectivity index (χ2n) is 6.97. The van der Waals surface area contributed by atoms with Crippen LogP contribution in [0.25, 0.3) is 0 Å². The van der Waals surface area contributed by atoms with E-state index in [-0.39, 0.29) is 18.9 Å². The van der Waals surface area contributed by atoms with Crippen LogP contribution in [-0.4, -0.2) is 44.0 Å². The molecule has 0 radical (unpaired) electrons. The second-order valence-corrected chi connectivity index (χ2v) is 6.97. The van der Waals surface area contributed by atoms with E-state index >= 15 is 0 Å². The Kier molecular flexibility index (Phi) is 6.46. The third-order valence-corrected chi connectivity index (χ3v) is 4.74. The van der Waals surface area contributed by atoms with E-state index in [1.165, 1.54) is 12.0 Å².